The molecule has 0 saturated carbocycles. The molecule has 0 aliphatic heterocycles. The maximum absolute atomic E-state index is 5.85. The average Bonchev–Trinajstić information content (AvgIpc) is 2.27. The van der Waals surface area contributed by atoms with Gasteiger partial charge in [-0.3, -0.25) is 0 Å². The third kappa shape index (κ3) is 3.26. The molecule has 0 bridgehead atoms. The van der Waals surface area contributed by atoms with Crippen molar-refractivity contribution >= 4 is 27.3 Å². The maximum Gasteiger partial charge on any atom is 0.0427 e. The number of benzene rings is 2. The smallest absolute Gasteiger partial charge is 0.0427 e. The Morgan fingerprint density at radius 2 is 1.94 bits per heavy atom. The second-order valence-electron chi connectivity index (χ2n) is 4.59. The zero-order valence-corrected chi connectivity index (χ0v) is 12.2. The third-order valence-corrected chi connectivity index (χ3v) is 3.30. The van der Waals surface area contributed by atoms with Crippen molar-refractivity contribution in [1.29, 1.82) is 0 Å². The number of aryl methyl sites for hydroxylation is 1. The Hall–Kier alpha value is -1.48. The Bertz CT molecular complexity index is 532. The van der Waals surface area contributed by atoms with Gasteiger partial charge in [0.05, 0.1) is 0 Å². The van der Waals surface area contributed by atoms with Crippen molar-refractivity contribution in [2.24, 2.45) is 0 Å². The minimum atomic E-state index is 0.789. The quantitative estimate of drug-likeness (QED) is 0.869. The number of nitrogen functional groups attached to an aromatic ring is 1. The zero-order chi connectivity index (χ0) is 13.1. The molecule has 18 heavy (non-hydrogen) atoms. The molecule has 0 aliphatic rings. The SMILES string of the molecule is Cc1cccc(N(C)Cc2cc(N)cc(Br)c2)c1. The van der Waals surface area contributed by atoms with Gasteiger partial charge in [-0.05, 0) is 48.4 Å². The lowest BCUT2D eigenvalue weighted by Gasteiger charge is -2.20. The van der Waals surface area contributed by atoms with Crippen LogP contribution in [-0.2, 0) is 6.54 Å². The summed E-state index contributed by atoms with van der Waals surface area (Å²) < 4.78 is 1.02. The predicted octanol–water partition coefficient (Wildman–Crippen LogP) is 3.98. The molecule has 2 nitrogen and oxygen atoms in total. The van der Waals surface area contributed by atoms with Crippen LogP contribution < -0.4 is 10.6 Å². The van der Waals surface area contributed by atoms with Gasteiger partial charge in [0, 0.05) is 29.4 Å². The maximum atomic E-state index is 5.85. The zero-order valence-electron chi connectivity index (χ0n) is 10.7. The number of hydrogen-bond donors (Lipinski definition) is 1. The summed E-state index contributed by atoms with van der Waals surface area (Å²) in [4.78, 5) is 2.22. The van der Waals surface area contributed by atoms with Gasteiger partial charge >= 0.3 is 0 Å². The van der Waals surface area contributed by atoms with Crippen LogP contribution in [0.1, 0.15) is 11.1 Å². The molecule has 0 fully saturated rings. The molecule has 2 aromatic carbocycles. The van der Waals surface area contributed by atoms with E-state index in [4.69, 9.17) is 5.73 Å². The average molecular weight is 305 g/mol. The molecule has 0 atom stereocenters. The monoisotopic (exact) mass is 304 g/mol. The molecule has 0 aliphatic carbocycles. The van der Waals surface area contributed by atoms with Gasteiger partial charge in [-0.1, -0.05) is 28.1 Å². The molecule has 2 aromatic rings. The predicted molar refractivity (Wildman–Crippen MR) is 81.8 cm³/mol. The van der Waals surface area contributed by atoms with Crippen LogP contribution in [0.5, 0.6) is 0 Å². The molecule has 0 spiro atoms. The molecule has 3 heteroatoms. The van der Waals surface area contributed by atoms with E-state index >= 15 is 0 Å². The molecular weight excluding hydrogens is 288 g/mol. The van der Waals surface area contributed by atoms with E-state index in [9.17, 15) is 0 Å². The van der Waals surface area contributed by atoms with Crippen molar-refractivity contribution in [3.63, 3.8) is 0 Å². The Morgan fingerprint density at radius 3 is 2.61 bits per heavy atom. The van der Waals surface area contributed by atoms with Crippen molar-refractivity contribution in [2.75, 3.05) is 17.7 Å². The Balaban J connectivity index is 2.18. The number of rotatable bonds is 3. The first-order valence-electron chi connectivity index (χ1n) is 5.87. The van der Waals surface area contributed by atoms with Crippen LogP contribution in [0.2, 0.25) is 0 Å². The molecule has 2 rings (SSSR count). The van der Waals surface area contributed by atoms with Gasteiger partial charge in [-0.25, -0.2) is 0 Å². The molecular formula is C15H17BrN2. The first-order valence-corrected chi connectivity index (χ1v) is 6.66. The summed E-state index contributed by atoms with van der Waals surface area (Å²) in [7, 11) is 2.09. The number of hydrogen-bond acceptors (Lipinski definition) is 2. The lowest BCUT2D eigenvalue weighted by Crippen LogP contribution is -2.16. The molecule has 0 saturated heterocycles. The minimum Gasteiger partial charge on any atom is -0.399 e. The normalized spacial score (nSPS) is 10.4. The van der Waals surface area contributed by atoms with E-state index in [0.29, 0.717) is 0 Å². The second kappa shape index (κ2) is 5.44. The van der Waals surface area contributed by atoms with Crippen molar-refractivity contribution < 1.29 is 0 Å². The molecule has 0 amide bonds. The number of anilines is 2. The van der Waals surface area contributed by atoms with Crippen molar-refractivity contribution in [3.05, 3.63) is 58.1 Å². The van der Waals surface area contributed by atoms with E-state index < -0.39 is 0 Å². The van der Waals surface area contributed by atoms with E-state index in [2.05, 4.69) is 65.1 Å². The van der Waals surface area contributed by atoms with Gasteiger partial charge in [0.15, 0.2) is 0 Å². The van der Waals surface area contributed by atoms with E-state index in [1.807, 2.05) is 12.1 Å². The van der Waals surface area contributed by atoms with Crippen LogP contribution in [-0.4, -0.2) is 7.05 Å². The van der Waals surface area contributed by atoms with Crippen LogP contribution in [0, 0.1) is 6.92 Å². The highest BCUT2D eigenvalue weighted by atomic mass is 79.9. The largest absolute Gasteiger partial charge is 0.399 e. The van der Waals surface area contributed by atoms with Crippen LogP contribution in [0.15, 0.2) is 46.9 Å². The summed E-state index contributed by atoms with van der Waals surface area (Å²) >= 11 is 3.47. The van der Waals surface area contributed by atoms with E-state index in [0.717, 1.165) is 16.7 Å². The van der Waals surface area contributed by atoms with Gasteiger partial charge in [-0.15, -0.1) is 0 Å². The summed E-state index contributed by atoms with van der Waals surface area (Å²) in [6, 6.07) is 14.5. The lowest BCUT2D eigenvalue weighted by molar-refractivity contribution is 0.922. The van der Waals surface area contributed by atoms with Gasteiger partial charge in [-0.2, -0.15) is 0 Å². The first-order chi connectivity index (χ1) is 8.54. The third-order valence-electron chi connectivity index (χ3n) is 2.84. The second-order valence-corrected chi connectivity index (χ2v) is 5.50. The number of nitrogens with zero attached hydrogens (tertiary/aromatic N) is 1. The fraction of sp³-hybridized carbons (Fsp3) is 0.200. The van der Waals surface area contributed by atoms with Crippen LogP contribution in [0.25, 0.3) is 0 Å². The van der Waals surface area contributed by atoms with Crippen LogP contribution >= 0.6 is 15.9 Å². The van der Waals surface area contributed by atoms with Crippen molar-refractivity contribution in [2.45, 2.75) is 13.5 Å². The summed E-state index contributed by atoms with van der Waals surface area (Å²) in [6.45, 7) is 2.95. The summed E-state index contributed by atoms with van der Waals surface area (Å²) in [5.41, 5.74) is 10.3. The molecule has 0 radical (unpaired) electrons. The highest BCUT2D eigenvalue weighted by Crippen LogP contribution is 2.21. The number of nitrogens with two attached hydrogens (primary N) is 1. The topological polar surface area (TPSA) is 29.3 Å². The van der Waals surface area contributed by atoms with Crippen molar-refractivity contribution in [3.8, 4) is 0 Å². The summed E-state index contributed by atoms with van der Waals surface area (Å²) in [5.74, 6) is 0. The molecule has 0 heterocycles. The van der Waals surface area contributed by atoms with E-state index in [-0.39, 0.29) is 0 Å². The fourth-order valence-corrected chi connectivity index (χ4v) is 2.56. The van der Waals surface area contributed by atoms with Crippen LogP contribution in [0.3, 0.4) is 0 Å². The van der Waals surface area contributed by atoms with E-state index in [1.54, 1.807) is 0 Å². The summed E-state index contributed by atoms with van der Waals surface area (Å²) in [5, 5.41) is 0. The highest BCUT2D eigenvalue weighted by molar-refractivity contribution is 9.10. The van der Waals surface area contributed by atoms with Gasteiger partial charge in [0.1, 0.15) is 0 Å². The lowest BCUT2D eigenvalue weighted by atomic mass is 10.1. The molecule has 2 N–H and O–H groups in total. The van der Waals surface area contributed by atoms with Crippen LogP contribution in [0.4, 0.5) is 11.4 Å². The van der Waals surface area contributed by atoms with Crippen molar-refractivity contribution in [1.82, 2.24) is 0 Å². The standard InChI is InChI=1S/C15H17BrN2/c1-11-4-3-5-15(6-11)18(2)10-12-7-13(16)9-14(17)8-12/h3-9H,10,17H2,1-2H3. The van der Waals surface area contributed by atoms with E-state index in [1.165, 1.54) is 16.8 Å². The fourth-order valence-electron chi connectivity index (χ4n) is 2.00. The molecule has 94 valence electrons. The Labute approximate surface area is 117 Å². The van der Waals surface area contributed by atoms with Gasteiger partial charge in [0.25, 0.3) is 0 Å². The molecule has 0 unspecified atom stereocenters. The Morgan fingerprint density at radius 1 is 1.17 bits per heavy atom. The van der Waals surface area contributed by atoms with Gasteiger partial charge in [0.2, 0.25) is 0 Å². The molecule has 0 aromatic heterocycles. The Kier molecular flexibility index (Phi) is 3.92. The number of halogens is 1. The summed E-state index contributed by atoms with van der Waals surface area (Å²) in [6.07, 6.45) is 0. The first kappa shape index (κ1) is 13.0. The minimum absolute atomic E-state index is 0.789. The highest BCUT2D eigenvalue weighted by Gasteiger charge is 2.04. The van der Waals surface area contributed by atoms with Gasteiger partial charge < -0.3 is 10.6 Å².